The number of anilines is 1. The maximum atomic E-state index is 11.6. The normalized spacial score (nSPS) is 12.2. The van der Waals surface area contributed by atoms with Gasteiger partial charge in [-0.05, 0) is 36.6 Å². The molecule has 4 heteroatoms. The van der Waals surface area contributed by atoms with Gasteiger partial charge >= 0.3 is 0 Å². The predicted molar refractivity (Wildman–Crippen MR) is 68.4 cm³/mol. The number of nitrogens with one attached hydrogen (secondary N) is 1. The number of aliphatic hydroxyl groups excluding tert-OH is 1. The summed E-state index contributed by atoms with van der Waals surface area (Å²) in [6, 6.07) is 7.15. The van der Waals surface area contributed by atoms with Crippen LogP contribution in [0.25, 0.3) is 0 Å². The fourth-order valence-corrected chi connectivity index (χ4v) is 1.41. The Labute approximate surface area is 102 Å². The average molecular weight is 236 g/mol. The van der Waals surface area contributed by atoms with E-state index >= 15 is 0 Å². The van der Waals surface area contributed by atoms with Crippen LogP contribution in [-0.2, 0) is 11.4 Å². The van der Waals surface area contributed by atoms with E-state index in [2.05, 4.69) is 5.32 Å². The summed E-state index contributed by atoms with van der Waals surface area (Å²) in [6.45, 7) is 2.66. The second kappa shape index (κ2) is 7.04. The van der Waals surface area contributed by atoms with E-state index in [0.717, 1.165) is 17.7 Å². The Hall–Kier alpha value is -1.39. The first-order valence-corrected chi connectivity index (χ1v) is 5.85. The first-order valence-electron chi connectivity index (χ1n) is 5.85. The molecule has 17 heavy (non-hydrogen) atoms. The molecule has 0 fully saturated rings. The molecule has 0 radical (unpaired) electrons. The molecular weight excluding hydrogens is 216 g/mol. The first-order chi connectivity index (χ1) is 8.15. The van der Waals surface area contributed by atoms with Gasteiger partial charge in [-0.3, -0.25) is 4.79 Å². The molecule has 0 spiro atoms. The lowest BCUT2D eigenvalue weighted by Gasteiger charge is -2.09. The number of carbonyl (C=O) groups is 1. The third-order valence-corrected chi connectivity index (χ3v) is 2.69. The molecular formula is C13H20N2O2. The van der Waals surface area contributed by atoms with Crippen LogP contribution in [0, 0.1) is 5.92 Å². The number of carbonyl (C=O) groups excluding carboxylic acids is 1. The van der Waals surface area contributed by atoms with Gasteiger partial charge in [0.1, 0.15) is 0 Å². The van der Waals surface area contributed by atoms with Gasteiger partial charge in [0.25, 0.3) is 0 Å². The highest BCUT2D eigenvalue weighted by Gasteiger charge is 2.05. The molecule has 0 aromatic heterocycles. The molecule has 0 bridgehead atoms. The molecule has 0 saturated heterocycles. The summed E-state index contributed by atoms with van der Waals surface area (Å²) >= 11 is 0. The maximum absolute atomic E-state index is 11.6. The van der Waals surface area contributed by atoms with Gasteiger partial charge in [0.15, 0.2) is 0 Å². The molecule has 1 amide bonds. The summed E-state index contributed by atoms with van der Waals surface area (Å²) in [5, 5.41) is 11.7. The van der Waals surface area contributed by atoms with E-state index in [1.807, 2.05) is 6.92 Å². The lowest BCUT2D eigenvalue weighted by molar-refractivity contribution is -0.116. The Kier molecular flexibility index (Phi) is 5.66. The Bertz CT molecular complexity index is 349. The van der Waals surface area contributed by atoms with Gasteiger partial charge in [0.2, 0.25) is 5.91 Å². The molecule has 4 nitrogen and oxygen atoms in total. The second-order valence-corrected chi connectivity index (χ2v) is 4.28. The summed E-state index contributed by atoms with van der Waals surface area (Å²) in [6.07, 6.45) is 1.29. The van der Waals surface area contributed by atoms with E-state index in [-0.39, 0.29) is 12.5 Å². The highest BCUT2D eigenvalue weighted by Crippen LogP contribution is 2.11. The Morgan fingerprint density at radius 3 is 2.59 bits per heavy atom. The molecule has 1 rings (SSSR count). The molecule has 4 N–H and O–H groups in total. The van der Waals surface area contributed by atoms with Gasteiger partial charge in [-0.2, -0.15) is 0 Å². The van der Waals surface area contributed by atoms with E-state index in [1.165, 1.54) is 0 Å². The summed E-state index contributed by atoms with van der Waals surface area (Å²) in [5.41, 5.74) is 7.08. The van der Waals surface area contributed by atoms with Crippen LogP contribution < -0.4 is 11.1 Å². The van der Waals surface area contributed by atoms with Gasteiger partial charge in [0.05, 0.1) is 6.61 Å². The molecule has 94 valence electrons. The number of hydrogen-bond donors (Lipinski definition) is 3. The molecule has 0 heterocycles. The van der Waals surface area contributed by atoms with E-state index in [9.17, 15) is 4.79 Å². The zero-order chi connectivity index (χ0) is 12.7. The molecule has 0 aliphatic heterocycles. The largest absolute Gasteiger partial charge is 0.392 e. The fourth-order valence-electron chi connectivity index (χ4n) is 1.41. The number of nitrogens with two attached hydrogens (primary N) is 1. The van der Waals surface area contributed by atoms with E-state index < -0.39 is 0 Å². The van der Waals surface area contributed by atoms with Crippen molar-refractivity contribution in [3.05, 3.63) is 29.8 Å². The molecule has 1 aromatic rings. The van der Waals surface area contributed by atoms with Gasteiger partial charge in [0, 0.05) is 12.1 Å². The quantitative estimate of drug-likeness (QED) is 0.700. The summed E-state index contributed by atoms with van der Waals surface area (Å²) < 4.78 is 0. The van der Waals surface area contributed by atoms with Crippen LogP contribution in [-0.4, -0.2) is 17.6 Å². The van der Waals surface area contributed by atoms with Crippen LogP contribution in [0.15, 0.2) is 24.3 Å². The third-order valence-electron chi connectivity index (χ3n) is 2.69. The minimum absolute atomic E-state index is 0.00190. The van der Waals surface area contributed by atoms with Gasteiger partial charge in [-0.15, -0.1) is 0 Å². The second-order valence-electron chi connectivity index (χ2n) is 4.28. The fraction of sp³-hybridized carbons (Fsp3) is 0.462. The van der Waals surface area contributed by atoms with Crippen molar-refractivity contribution in [1.82, 2.24) is 0 Å². The number of hydrogen-bond acceptors (Lipinski definition) is 3. The van der Waals surface area contributed by atoms with Crippen molar-refractivity contribution >= 4 is 11.6 Å². The van der Waals surface area contributed by atoms with E-state index in [0.29, 0.717) is 18.9 Å². The monoisotopic (exact) mass is 236 g/mol. The number of benzene rings is 1. The van der Waals surface area contributed by atoms with Crippen LogP contribution in [0.2, 0.25) is 0 Å². The highest BCUT2D eigenvalue weighted by atomic mass is 16.3. The third kappa shape index (κ3) is 4.97. The molecule has 1 aromatic carbocycles. The van der Waals surface area contributed by atoms with Crippen LogP contribution >= 0.6 is 0 Å². The molecule has 1 unspecified atom stereocenters. The van der Waals surface area contributed by atoms with E-state index in [1.54, 1.807) is 24.3 Å². The standard InChI is InChI=1S/C13H20N2O2/c1-10(8-14)2-7-13(17)15-12-5-3-11(9-16)4-6-12/h3-6,10,16H,2,7-9,14H2,1H3,(H,15,17). The topological polar surface area (TPSA) is 75.4 Å². The number of amides is 1. The number of rotatable bonds is 6. The lowest BCUT2D eigenvalue weighted by atomic mass is 10.1. The van der Waals surface area contributed by atoms with Crippen molar-refractivity contribution in [3.8, 4) is 0 Å². The van der Waals surface area contributed by atoms with Crippen molar-refractivity contribution in [3.63, 3.8) is 0 Å². The zero-order valence-corrected chi connectivity index (χ0v) is 10.1. The Morgan fingerprint density at radius 1 is 1.41 bits per heavy atom. The molecule has 0 aliphatic carbocycles. The highest BCUT2D eigenvalue weighted by molar-refractivity contribution is 5.90. The lowest BCUT2D eigenvalue weighted by Crippen LogP contribution is -2.16. The summed E-state index contributed by atoms with van der Waals surface area (Å²) in [7, 11) is 0. The van der Waals surface area contributed by atoms with Crippen LogP contribution in [0.1, 0.15) is 25.3 Å². The summed E-state index contributed by atoms with van der Waals surface area (Å²) in [4.78, 5) is 11.6. The van der Waals surface area contributed by atoms with Crippen LogP contribution in [0.5, 0.6) is 0 Å². The van der Waals surface area contributed by atoms with Gasteiger partial charge in [-0.1, -0.05) is 19.1 Å². The Morgan fingerprint density at radius 2 is 2.06 bits per heavy atom. The average Bonchev–Trinajstić information content (AvgIpc) is 2.36. The minimum atomic E-state index is 0.00190. The first kappa shape index (κ1) is 13.7. The van der Waals surface area contributed by atoms with Gasteiger partial charge < -0.3 is 16.2 Å². The summed E-state index contributed by atoms with van der Waals surface area (Å²) in [5.74, 6) is 0.375. The molecule has 0 aliphatic rings. The van der Waals surface area contributed by atoms with Crippen molar-refractivity contribution in [2.24, 2.45) is 11.7 Å². The van der Waals surface area contributed by atoms with Crippen LogP contribution in [0.3, 0.4) is 0 Å². The van der Waals surface area contributed by atoms with Crippen molar-refractivity contribution in [1.29, 1.82) is 0 Å². The minimum Gasteiger partial charge on any atom is -0.392 e. The van der Waals surface area contributed by atoms with Crippen molar-refractivity contribution < 1.29 is 9.90 Å². The van der Waals surface area contributed by atoms with Crippen LogP contribution in [0.4, 0.5) is 5.69 Å². The molecule has 0 saturated carbocycles. The maximum Gasteiger partial charge on any atom is 0.224 e. The SMILES string of the molecule is CC(CN)CCC(=O)Nc1ccc(CO)cc1. The van der Waals surface area contributed by atoms with E-state index in [4.69, 9.17) is 10.8 Å². The smallest absolute Gasteiger partial charge is 0.224 e. The zero-order valence-electron chi connectivity index (χ0n) is 10.1. The number of aliphatic hydroxyl groups is 1. The Balaban J connectivity index is 2.39. The van der Waals surface area contributed by atoms with Crippen molar-refractivity contribution in [2.45, 2.75) is 26.4 Å². The molecule has 1 atom stereocenters. The van der Waals surface area contributed by atoms with Gasteiger partial charge in [-0.25, -0.2) is 0 Å². The van der Waals surface area contributed by atoms with Crippen molar-refractivity contribution in [2.75, 3.05) is 11.9 Å². The predicted octanol–water partition coefficient (Wildman–Crippen LogP) is 1.49.